The molecule has 5 heteroatoms. The molecule has 1 amide bonds. The molecule has 0 aromatic heterocycles. The zero-order chi connectivity index (χ0) is 17.3. The molecule has 2 aromatic rings. The van der Waals surface area contributed by atoms with Crippen molar-refractivity contribution in [3.63, 3.8) is 0 Å². The summed E-state index contributed by atoms with van der Waals surface area (Å²) in [5, 5.41) is 0. The summed E-state index contributed by atoms with van der Waals surface area (Å²) in [6.45, 7) is 1.64. The Morgan fingerprint density at radius 2 is 1.88 bits per heavy atom. The van der Waals surface area contributed by atoms with Crippen LogP contribution in [-0.4, -0.2) is 20.1 Å². The Balaban J connectivity index is 2.12. The number of benzene rings is 2. The van der Waals surface area contributed by atoms with Gasteiger partial charge < -0.3 is 5.73 Å². The van der Waals surface area contributed by atoms with Crippen molar-refractivity contribution in [2.75, 3.05) is 5.75 Å². The van der Waals surface area contributed by atoms with E-state index in [1.807, 2.05) is 18.2 Å². The van der Waals surface area contributed by atoms with Crippen LogP contribution in [0.25, 0.3) is 0 Å². The molecule has 24 heavy (non-hydrogen) atoms. The average molecular weight is 343 g/mol. The van der Waals surface area contributed by atoms with Gasteiger partial charge >= 0.3 is 0 Å². The molecule has 126 valence electrons. The number of rotatable bonds is 6. The van der Waals surface area contributed by atoms with E-state index >= 15 is 0 Å². The highest BCUT2D eigenvalue weighted by Crippen LogP contribution is 2.47. The van der Waals surface area contributed by atoms with Gasteiger partial charge in [0.15, 0.2) is 9.84 Å². The number of primary amides is 1. The number of carbonyl (C=O) groups is 1. The normalized spacial score (nSPS) is 15.9. The van der Waals surface area contributed by atoms with E-state index in [9.17, 15) is 13.2 Å². The minimum absolute atomic E-state index is 0.000654. The summed E-state index contributed by atoms with van der Waals surface area (Å²) in [6, 6.07) is 14.4. The zero-order valence-corrected chi connectivity index (χ0v) is 14.4. The predicted octanol–water partition coefficient (Wildman–Crippen LogP) is 3.12. The highest BCUT2D eigenvalue weighted by molar-refractivity contribution is 7.91. The summed E-state index contributed by atoms with van der Waals surface area (Å²) >= 11 is 0. The van der Waals surface area contributed by atoms with E-state index in [1.165, 1.54) is 0 Å². The lowest BCUT2D eigenvalue weighted by molar-refractivity contribution is 0.0999. The summed E-state index contributed by atoms with van der Waals surface area (Å²) in [4.78, 5) is 12.1. The van der Waals surface area contributed by atoms with Crippen LogP contribution in [0.4, 0.5) is 0 Å². The minimum Gasteiger partial charge on any atom is -0.366 e. The quantitative estimate of drug-likeness (QED) is 0.875. The van der Waals surface area contributed by atoms with Crippen LogP contribution >= 0.6 is 0 Å². The fourth-order valence-electron chi connectivity index (χ4n) is 3.20. The van der Waals surface area contributed by atoms with Gasteiger partial charge in [0.2, 0.25) is 5.91 Å². The summed E-state index contributed by atoms with van der Waals surface area (Å²) in [7, 11) is -3.26. The van der Waals surface area contributed by atoms with Gasteiger partial charge in [-0.3, -0.25) is 4.79 Å². The first-order valence-corrected chi connectivity index (χ1v) is 9.80. The van der Waals surface area contributed by atoms with Gasteiger partial charge in [-0.2, -0.15) is 0 Å². The van der Waals surface area contributed by atoms with E-state index in [1.54, 1.807) is 37.3 Å². The third-order valence-electron chi connectivity index (χ3n) is 4.61. The van der Waals surface area contributed by atoms with E-state index in [2.05, 4.69) is 0 Å². The molecule has 0 aliphatic heterocycles. The standard InChI is InChI=1S/C19H21NO3S/c1-2-24(22,23)15-7-5-6-14(12-15)18(13-10-11-13)16-8-3-4-9-17(16)19(20)21/h3-9,12-13,18H,2,10-11H2,1H3,(H2,20,21)/t18-/m1/s1. The first kappa shape index (κ1) is 16.7. The maximum atomic E-state index is 12.2. The van der Waals surface area contributed by atoms with Gasteiger partial charge in [0.25, 0.3) is 0 Å². The molecule has 0 spiro atoms. The summed E-state index contributed by atoms with van der Waals surface area (Å²) in [5.41, 5.74) is 7.87. The number of amides is 1. The number of nitrogens with two attached hydrogens (primary N) is 1. The molecule has 0 radical (unpaired) electrons. The first-order chi connectivity index (χ1) is 11.4. The van der Waals surface area contributed by atoms with Crippen molar-refractivity contribution in [2.45, 2.75) is 30.6 Å². The van der Waals surface area contributed by atoms with Gasteiger partial charge in [-0.15, -0.1) is 0 Å². The second-order valence-corrected chi connectivity index (χ2v) is 8.52. The lowest BCUT2D eigenvalue weighted by Crippen LogP contribution is -2.17. The van der Waals surface area contributed by atoms with Crippen molar-refractivity contribution >= 4 is 15.7 Å². The number of hydrogen-bond donors (Lipinski definition) is 1. The van der Waals surface area contributed by atoms with Crippen LogP contribution < -0.4 is 5.73 Å². The molecule has 1 aliphatic rings. The SMILES string of the molecule is CCS(=O)(=O)c1cccc([C@H](c2ccccc2C(N)=O)C2CC2)c1. The molecule has 1 saturated carbocycles. The van der Waals surface area contributed by atoms with Crippen LogP contribution in [-0.2, 0) is 9.84 Å². The Hall–Kier alpha value is -2.14. The zero-order valence-electron chi connectivity index (χ0n) is 13.6. The summed E-state index contributed by atoms with van der Waals surface area (Å²) in [6.07, 6.45) is 2.14. The van der Waals surface area contributed by atoms with E-state index in [0.717, 1.165) is 24.0 Å². The van der Waals surface area contributed by atoms with E-state index < -0.39 is 15.7 Å². The largest absolute Gasteiger partial charge is 0.366 e. The Bertz CT molecular complexity index is 870. The molecule has 1 atom stereocenters. The van der Waals surface area contributed by atoms with E-state index in [4.69, 9.17) is 5.73 Å². The number of sulfone groups is 1. The average Bonchev–Trinajstić information content (AvgIpc) is 3.40. The maximum absolute atomic E-state index is 12.2. The monoisotopic (exact) mass is 343 g/mol. The third-order valence-corrected chi connectivity index (χ3v) is 6.34. The minimum atomic E-state index is -3.26. The molecule has 0 unspecified atom stereocenters. The molecule has 1 fully saturated rings. The fourth-order valence-corrected chi connectivity index (χ4v) is 4.13. The molecular formula is C19H21NO3S. The molecule has 1 aliphatic carbocycles. The lowest BCUT2D eigenvalue weighted by atomic mass is 9.84. The predicted molar refractivity (Wildman–Crippen MR) is 93.7 cm³/mol. The van der Waals surface area contributed by atoms with Crippen LogP contribution in [0.2, 0.25) is 0 Å². The van der Waals surface area contributed by atoms with Crippen molar-refractivity contribution < 1.29 is 13.2 Å². The van der Waals surface area contributed by atoms with E-state index in [-0.39, 0.29) is 11.7 Å². The van der Waals surface area contributed by atoms with Gasteiger partial charge in [-0.05, 0) is 48.1 Å². The van der Waals surface area contributed by atoms with Gasteiger partial charge in [0.1, 0.15) is 0 Å². The van der Waals surface area contributed by atoms with Gasteiger partial charge in [0.05, 0.1) is 10.6 Å². The summed E-state index contributed by atoms with van der Waals surface area (Å²) in [5.74, 6) is 0.0435. The van der Waals surface area contributed by atoms with Crippen molar-refractivity contribution in [1.82, 2.24) is 0 Å². The second kappa shape index (κ2) is 6.40. The van der Waals surface area contributed by atoms with Crippen LogP contribution in [0.1, 0.15) is 47.2 Å². The van der Waals surface area contributed by atoms with E-state index in [0.29, 0.717) is 16.4 Å². The Morgan fingerprint density at radius 3 is 2.50 bits per heavy atom. The Morgan fingerprint density at radius 1 is 1.17 bits per heavy atom. The van der Waals surface area contributed by atoms with Crippen LogP contribution in [0.15, 0.2) is 53.4 Å². The highest BCUT2D eigenvalue weighted by atomic mass is 32.2. The molecule has 4 nitrogen and oxygen atoms in total. The van der Waals surface area contributed by atoms with Crippen LogP contribution in [0.3, 0.4) is 0 Å². The molecule has 2 aromatic carbocycles. The smallest absolute Gasteiger partial charge is 0.248 e. The van der Waals surface area contributed by atoms with Crippen LogP contribution in [0, 0.1) is 5.92 Å². The molecule has 0 saturated heterocycles. The van der Waals surface area contributed by atoms with Crippen LogP contribution in [0.5, 0.6) is 0 Å². The molecule has 2 N–H and O–H groups in total. The Kier molecular flexibility index (Phi) is 4.45. The second-order valence-electron chi connectivity index (χ2n) is 6.24. The Labute approximate surface area is 142 Å². The van der Waals surface area contributed by atoms with Crippen molar-refractivity contribution in [2.24, 2.45) is 11.7 Å². The molecular weight excluding hydrogens is 322 g/mol. The highest BCUT2D eigenvalue weighted by Gasteiger charge is 2.35. The van der Waals surface area contributed by atoms with Crippen molar-refractivity contribution in [3.05, 3.63) is 65.2 Å². The van der Waals surface area contributed by atoms with Crippen molar-refractivity contribution in [3.8, 4) is 0 Å². The number of hydrogen-bond acceptors (Lipinski definition) is 3. The molecule has 0 heterocycles. The number of carbonyl (C=O) groups excluding carboxylic acids is 1. The first-order valence-electron chi connectivity index (χ1n) is 8.15. The van der Waals surface area contributed by atoms with Gasteiger partial charge in [-0.25, -0.2) is 8.42 Å². The lowest BCUT2D eigenvalue weighted by Gasteiger charge is -2.20. The molecule has 3 rings (SSSR count). The molecule has 0 bridgehead atoms. The van der Waals surface area contributed by atoms with Crippen molar-refractivity contribution in [1.29, 1.82) is 0 Å². The topological polar surface area (TPSA) is 77.2 Å². The summed E-state index contributed by atoms with van der Waals surface area (Å²) < 4.78 is 24.4. The maximum Gasteiger partial charge on any atom is 0.248 e. The van der Waals surface area contributed by atoms with Gasteiger partial charge in [0, 0.05) is 11.5 Å². The fraction of sp³-hybridized carbons (Fsp3) is 0.316. The third kappa shape index (κ3) is 3.22. The van der Waals surface area contributed by atoms with Gasteiger partial charge in [-0.1, -0.05) is 37.3 Å².